The highest BCUT2D eigenvalue weighted by molar-refractivity contribution is 7.19. The average Bonchev–Trinajstić information content (AvgIpc) is 3.19. The molecule has 8 heteroatoms. The van der Waals surface area contributed by atoms with Gasteiger partial charge in [0.05, 0.1) is 18.0 Å². The number of aromatic nitrogens is 4. The molecule has 0 aliphatic heterocycles. The molecule has 3 aromatic heterocycles. The molecule has 0 spiro atoms. The summed E-state index contributed by atoms with van der Waals surface area (Å²) < 4.78 is 1.58. The Hall–Kier alpha value is -2.06. The van der Waals surface area contributed by atoms with Crippen molar-refractivity contribution < 1.29 is 9.90 Å². The number of hydrogen-bond donors (Lipinski definition) is 2. The van der Waals surface area contributed by atoms with E-state index in [0.717, 1.165) is 23.1 Å². The number of amides is 1. The Balaban J connectivity index is 1.79. The quantitative estimate of drug-likeness (QED) is 0.751. The van der Waals surface area contributed by atoms with Crippen LogP contribution in [-0.4, -0.2) is 43.2 Å². The van der Waals surface area contributed by atoms with E-state index in [1.165, 1.54) is 23.3 Å². The zero-order valence-electron chi connectivity index (χ0n) is 13.4. The summed E-state index contributed by atoms with van der Waals surface area (Å²) in [5.74, 6) is -0.246. The van der Waals surface area contributed by atoms with Gasteiger partial charge in [0, 0.05) is 4.88 Å². The first-order valence-corrected chi connectivity index (χ1v) is 9.10. The Morgan fingerprint density at radius 2 is 2.29 bits per heavy atom. The second kappa shape index (κ2) is 6.10. The fourth-order valence-corrected chi connectivity index (χ4v) is 4.40. The predicted molar refractivity (Wildman–Crippen MR) is 91.4 cm³/mol. The van der Waals surface area contributed by atoms with Crippen molar-refractivity contribution in [3.8, 4) is 0 Å². The molecule has 1 aliphatic carbocycles. The van der Waals surface area contributed by atoms with Crippen molar-refractivity contribution in [3.63, 3.8) is 0 Å². The molecular formula is C16H19N5O2S. The number of thiophene rings is 1. The zero-order valence-corrected chi connectivity index (χ0v) is 14.3. The molecule has 0 saturated heterocycles. The molecule has 4 rings (SSSR count). The highest BCUT2D eigenvalue weighted by atomic mass is 32.1. The molecule has 0 bridgehead atoms. The van der Waals surface area contributed by atoms with E-state index in [9.17, 15) is 9.90 Å². The molecule has 0 unspecified atom stereocenters. The summed E-state index contributed by atoms with van der Waals surface area (Å²) in [7, 11) is 0. The van der Waals surface area contributed by atoms with Gasteiger partial charge in [0.2, 0.25) is 5.82 Å². The van der Waals surface area contributed by atoms with Crippen LogP contribution in [0, 0.1) is 0 Å². The number of fused-ring (bicyclic) bond motifs is 5. The summed E-state index contributed by atoms with van der Waals surface area (Å²) in [6.07, 6.45) is 6.80. The van der Waals surface area contributed by atoms with E-state index in [1.807, 2.05) is 6.92 Å². The molecule has 1 amide bonds. The van der Waals surface area contributed by atoms with Gasteiger partial charge >= 0.3 is 0 Å². The fraction of sp³-hybridized carbons (Fsp3) is 0.500. The molecule has 3 aromatic rings. The van der Waals surface area contributed by atoms with Crippen molar-refractivity contribution >= 4 is 33.1 Å². The first-order chi connectivity index (χ1) is 11.7. The van der Waals surface area contributed by atoms with E-state index in [1.54, 1.807) is 22.2 Å². The lowest BCUT2D eigenvalue weighted by atomic mass is 9.97. The summed E-state index contributed by atoms with van der Waals surface area (Å²) in [6, 6.07) is -0.281. The Morgan fingerprint density at radius 3 is 3.08 bits per heavy atom. The van der Waals surface area contributed by atoms with E-state index in [0.29, 0.717) is 12.1 Å². The van der Waals surface area contributed by atoms with Gasteiger partial charge in [0.15, 0.2) is 5.65 Å². The van der Waals surface area contributed by atoms with Crippen LogP contribution in [0.1, 0.15) is 47.2 Å². The zero-order chi connectivity index (χ0) is 16.7. The molecule has 1 atom stereocenters. The molecule has 3 heterocycles. The monoisotopic (exact) mass is 345 g/mol. The Kier molecular flexibility index (Phi) is 3.93. The number of aryl methyl sites for hydroxylation is 2. The number of aliphatic hydroxyl groups excluding tert-OH is 1. The number of hydrogen-bond acceptors (Lipinski definition) is 6. The number of nitrogens with one attached hydrogen (secondary N) is 1. The summed E-state index contributed by atoms with van der Waals surface area (Å²) in [4.78, 5) is 23.6. The smallest absolute Gasteiger partial charge is 0.291 e. The molecule has 1 aliphatic rings. The molecule has 7 nitrogen and oxygen atoms in total. The predicted octanol–water partition coefficient (Wildman–Crippen LogP) is 1.72. The van der Waals surface area contributed by atoms with Gasteiger partial charge in [0.1, 0.15) is 11.2 Å². The average molecular weight is 345 g/mol. The molecule has 0 saturated carbocycles. The van der Waals surface area contributed by atoms with E-state index in [4.69, 9.17) is 0 Å². The van der Waals surface area contributed by atoms with E-state index >= 15 is 0 Å². The third kappa shape index (κ3) is 2.46. The van der Waals surface area contributed by atoms with Gasteiger partial charge in [-0.25, -0.2) is 14.5 Å². The fourth-order valence-electron chi connectivity index (χ4n) is 3.18. The number of nitrogens with zero attached hydrogens (tertiary/aromatic N) is 4. The van der Waals surface area contributed by atoms with E-state index < -0.39 is 0 Å². The molecule has 2 N–H and O–H groups in total. The minimum Gasteiger partial charge on any atom is -0.394 e. The summed E-state index contributed by atoms with van der Waals surface area (Å²) in [5.41, 5.74) is 2.02. The lowest BCUT2D eigenvalue weighted by molar-refractivity contribution is 0.0904. The normalized spacial score (nSPS) is 15.6. The minimum atomic E-state index is -0.364. The third-order valence-electron chi connectivity index (χ3n) is 4.54. The maximum atomic E-state index is 12.3. The van der Waals surface area contributed by atoms with Crippen LogP contribution in [0.5, 0.6) is 0 Å². The van der Waals surface area contributed by atoms with Crippen LogP contribution < -0.4 is 5.32 Å². The van der Waals surface area contributed by atoms with Gasteiger partial charge in [-0.1, -0.05) is 6.92 Å². The second-order valence-corrected chi connectivity index (χ2v) is 7.18. The SMILES string of the molecule is CC[C@@H](CO)NC(=O)c1nc2c3c4c(sc3ncn2n1)CCCC4. The Morgan fingerprint density at radius 1 is 1.46 bits per heavy atom. The third-order valence-corrected chi connectivity index (χ3v) is 5.74. The lowest BCUT2D eigenvalue weighted by Gasteiger charge is -2.11. The summed E-state index contributed by atoms with van der Waals surface area (Å²) >= 11 is 1.72. The molecule has 0 aromatic carbocycles. The highest BCUT2D eigenvalue weighted by Crippen LogP contribution is 2.36. The molecular weight excluding hydrogens is 326 g/mol. The van der Waals surface area contributed by atoms with Crippen molar-refractivity contribution in [2.24, 2.45) is 0 Å². The van der Waals surface area contributed by atoms with Gasteiger partial charge in [0.25, 0.3) is 5.91 Å². The Bertz CT molecular complexity index is 912. The van der Waals surface area contributed by atoms with Crippen LogP contribution in [0.4, 0.5) is 0 Å². The summed E-state index contributed by atoms with van der Waals surface area (Å²) in [6.45, 7) is 1.81. The van der Waals surface area contributed by atoms with Crippen molar-refractivity contribution in [3.05, 3.63) is 22.6 Å². The van der Waals surface area contributed by atoms with Gasteiger partial charge in [-0.3, -0.25) is 4.79 Å². The first-order valence-electron chi connectivity index (χ1n) is 8.28. The number of carbonyl (C=O) groups excluding carboxylic acids is 1. The standard InChI is InChI=1S/C16H19N5O2S/c1-2-9(7-22)18-15(23)13-19-14-12-10-5-3-4-6-11(10)24-16(12)17-8-21(14)20-13/h8-9,22H,2-7H2,1H3,(H,18,23)/t9-/m0/s1. The van der Waals surface area contributed by atoms with Gasteiger partial charge in [-0.05, 0) is 37.7 Å². The first kappa shape index (κ1) is 15.5. The number of carbonyl (C=O) groups is 1. The maximum Gasteiger partial charge on any atom is 0.291 e. The van der Waals surface area contributed by atoms with Crippen LogP contribution >= 0.6 is 11.3 Å². The second-order valence-electron chi connectivity index (χ2n) is 6.10. The van der Waals surface area contributed by atoms with Crippen molar-refractivity contribution in [1.29, 1.82) is 0 Å². The molecule has 0 fully saturated rings. The van der Waals surface area contributed by atoms with Crippen molar-refractivity contribution in [1.82, 2.24) is 24.9 Å². The molecule has 0 radical (unpaired) electrons. The van der Waals surface area contributed by atoms with E-state index in [-0.39, 0.29) is 24.4 Å². The summed E-state index contributed by atoms with van der Waals surface area (Å²) in [5, 5.41) is 17.3. The highest BCUT2D eigenvalue weighted by Gasteiger charge is 2.22. The molecule has 24 heavy (non-hydrogen) atoms. The van der Waals surface area contributed by atoms with Crippen molar-refractivity contribution in [2.45, 2.75) is 45.1 Å². The maximum absolute atomic E-state index is 12.3. The topological polar surface area (TPSA) is 92.4 Å². The van der Waals surface area contributed by atoms with Crippen molar-refractivity contribution in [2.75, 3.05) is 6.61 Å². The van der Waals surface area contributed by atoms with Crippen LogP contribution in [0.15, 0.2) is 6.33 Å². The Labute approximate surface area is 142 Å². The number of aliphatic hydroxyl groups is 1. The minimum absolute atomic E-state index is 0.0978. The van der Waals surface area contributed by atoms with Gasteiger partial charge < -0.3 is 10.4 Å². The van der Waals surface area contributed by atoms with Gasteiger partial charge in [-0.15, -0.1) is 16.4 Å². The van der Waals surface area contributed by atoms with Gasteiger partial charge in [-0.2, -0.15) is 0 Å². The van der Waals surface area contributed by atoms with Crippen LogP contribution in [0.25, 0.3) is 15.9 Å². The van der Waals surface area contributed by atoms with Crippen LogP contribution in [0.3, 0.4) is 0 Å². The van der Waals surface area contributed by atoms with E-state index in [2.05, 4.69) is 20.4 Å². The molecule has 126 valence electrons. The van der Waals surface area contributed by atoms with Crippen LogP contribution in [-0.2, 0) is 12.8 Å². The number of rotatable bonds is 4. The lowest BCUT2D eigenvalue weighted by Crippen LogP contribution is -2.37. The largest absolute Gasteiger partial charge is 0.394 e. The van der Waals surface area contributed by atoms with Crippen LogP contribution in [0.2, 0.25) is 0 Å².